The summed E-state index contributed by atoms with van der Waals surface area (Å²) in [5.41, 5.74) is -2.47. The molecule has 2 N–H and O–H groups in total. The quantitative estimate of drug-likeness (QED) is 0.713. The number of anilines is 2. The lowest BCUT2D eigenvalue weighted by Gasteiger charge is -2.44. The molecule has 0 radical (unpaired) electrons. The summed E-state index contributed by atoms with van der Waals surface area (Å²) < 4.78 is 59.4. The Kier molecular flexibility index (Phi) is 5.85. The van der Waals surface area contributed by atoms with Crippen LogP contribution in [0.15, 0.2) is 18.2 Å². The highest BCUT2D eigenvalue weighted by Crippen LogP contribution is 2.43. The summed E-state index contributed by atoms with van der Waals surface area (Å²) in [5.74, 6) is -2.11. The Balaban J connectivity index is 1.71. The summed E-state index contributed by atoms with van der Waals surface area (Å²) in [4.78, 5) is 25.7. The van der Waals surface area contributed by atoms with E-state index in [1.807, 2.05) is 0 Å². The Morgan fingerprint density at radius 1 is 1.37 bits per heavy atom. The summed E-state index contributed by atoms with van der Waals surface area (Å²) in [5, 5.41) is 12.5. The van der Waals surface area contributed by atoms with Crippen LogP contribution < -0.4 is 15.1 Å². The van der Waals surface area contributed by atoms with Crippen LogP contribution in [0.3, 0.4) is 0 Å². The van der Waals surface area contributed by atoms with Crippen LogP contribution in [0, 0.1) is 11.7 Å². The van der Waals surface area contributed by atoms with E-state index in [2.05, 4.69) is 5.32 Å². The molecule has 2 amide bonds. The van der Waals surface area contributed by atoms with E-state index in [4.69, 9.17) is 4.74 Å². The second kappa shape index (κ2) is 7.93. The molecule has 0 spiro atoms. The van der Waals surface area contributed by atoms with Crippen molar-refractivity contribution in [1.29, 1.82) is 0 Å². The first-order valence-electron chi connectivity index (χ1n) is 9.48. The number of benzene rings is 1. The highest BCUT2D eigenvalue weighted by molar-refractivity contribution is 5.90. The van der Waals surface area contributed by atoms with Crippen LogP contribution in [0.25, 0.3) is 0 Å². The van der Waals surface area contributed by atoms with Crippen LogP contribution >= 0.6 is 0 Å². The molecule has 3 rings (SSSR count). The molecule has 2 heterocycles. The number of nitrogens with one attached hydrogen (secondary N) is 1. The number of carbonyl (C=O) groups excluding carboxylic acids is 2. The number of hydrogen-bond acceptors (Lipinski definition) is 5. The number of aliphatic hydroxyl groups is 1. The van der Waals surface area contributed by atoms with Gasteiger partial charge in [0.2, 0.25) is 5.91 Å². The van der Waals surface area contributed by atoms with Crippen molar-refractivity contribution in [2.45, 2.75) is 38.1 Å². The van der Waals surface area contributed by atoms with Crippen molar-refractivity contribution in [3.05, 3.63) is 24.0 Å². The number of piperidine rings is 1. The van der Waals surface area contributed by atoms with Gasteiger partial charge in [-0.3, -0.25) is 9.69 Å². The largest absolute Gasteiger partial charge is 0.442 e. The first-order chi connectivity index (χ1) is 13.9. The summed E-state index contributed by atoms with van der Waals surface area (Å²) in [6, 6.07) is 3.99. The topological polar surface area (TPSA) is 82.1 Å². The highest BCUT2D eigenvalue weighted by atomic mass is 19.4. The second-order valence-corrected chi connectivity index (χ2v) is 7.71. The molecule has 30 heavy (non-hydrogen) atoms. The van der Waals surface area contributed by atoms with Gasteiger partial charge in [-0.25, -0.2) is 9.18 Å². The maximum Gasteiger partial charge on any atom is 0.417 e. The zero-order valence-electron chi connectivity index (χ0n) is 16.5. The molecule has 0 aliphatic carbocycles. The number of rotatable bonds is 4. The van der Waals surface area contributed by atoms with Gasteiger partial charge in [-0.1, -0.05) is 6.92 Å². The molecule has 0 bridgehead atoms. The van der Waals surface area contributed by atoms with Gasteiger partial charge in [0.1, 0.15) is 11.9 Å². The minimum Gasteiger partial charge on any atom is -0.442 e. The average molecular weight is 433 g/mol. The van der Waals surface area contributed by atoms with E-state index < -0.39 is 42.1 Å². The van der Waals surface area contributed by atoms with Crippen molar-refractivity contribution in [3.63, 3.8) is 0 Å². The smallest absolute Gasteiger partial charge is 0.417 e. The molecule has 2 aliphatic rings. The SMILES string of the molecule is CC(=O)NCC1CN(c2ccc(N3CC[C@@](O)(C(F)(F)F)[C@@H](C)C3)c(F)c2)C(=O)O1. The van der Waals surface area contributed by atoms with Gasteiger partial charge in [-0.15, -0.1) is 0 Å². The van der Waals surface area contributed by atoms with E-state index in [1.165, 1.54) is 35.8 Å². The van der Waals surface area contributed by atoms with Gasteiger partial charge in [0.05, 0.1) is 24.5 Å². The molecule has 0 saturated carbocycles. The number of carbonyl (C=O) groups is 2. The monoisotopic (exact) mass is 433 g/mol. The Morgan fingerprint density at radius 2 is 2.07 bits per heavy atom. The minimum atomic E-state index is -4.76. The molecule has 1 unspecified atom stereocenters. The summed E-state index contributed by atoms with van der Waals surface area (Å²) >= 11 is 0. The average Bonchev–Trinajstić information content (AvgIpc) is 3.02. The lowest BCUT2D eigenvalue weighted by atomic mass is 9.81. The van der Waals surface area contributed by atoms with E-state index in [0.717, 1.165) is 6.07 Å². The van der Waals surface area contributed by atoms with Crippen molar-refractivity contribution in [3.8, 4) is 0 Å². The van der Waals surface area contributed by atoms with Crippen molar-refractivity contribution >= 4 is 23.4 Å². The molecule has 2 fully saturated rings. The zero-order valence-corrected chi connectivity index (χ0v) is 16.5. The number of alkyl halides is 3. The van der Waals surface area contributed by atoms with Gasteiger partial charge < -0.3 is 20.1 Å². The molecule has 11 heteroatoms. The fourth-order valence-corrected chi connectivity index (χ4v) is 3.78. The van der Waals surface area contributed by atoms with E-state index in [9.17, 15) is 32.3 Å². The predicted molar refractivity (Wildman–Crippen MR) is 99.7 cm³/mol. The lowest BCUT2D eigenvalue weighted by molar-refractivity contribution is -0.281. The third-order valence-electron chi connectivity index (χ3n) is 5.60. The normalized spacial score (nSPS) is 27.2. The van der Waals surface area contributed by atoms with Crippen molar-refractivity contribution < 1.29 is 37.0 Å². The standard InChI is InChI=1S/C19H23F4N3O4/c1-11-9-25(6-5-18(11,29)19(21,22)23)16-4-3-13(7-15(16)20)26-10-14(30-17(26)28)8-24-12(2)27/h3-4,7,11,14,29H,5-6,8-10H2,1-2H3,(H,24,27)/t11-,14?,18-/m0/s1. The van der Waals surface area contributed by atoms with E-state index in [1.54, 1.807) is 0 Å². The van der Waals surface area contributed by atoms with Crippen LogP contribution in [0.1, 0.15) is 20.3 Å². The molecule has 2 aliphatic heterocycles. The van der Waals surface area contributed by atoms with Crippen molar-refractivity contribution in [2.75, 3.05) is 36.0 Å². The molecule has 7 nitrogen and oxygen atoms in total. The van der Waals surface area contributed by atoms with Gasteiger partial charge in [-0.2, -0.15) is 13.2 Å². The van der Waals surface area contributed by atoms with Crippen LogP contribution in [-0.4, -0.2) is 61.2 Å². The lowest BCUT2D eigenvalue weighted by Crippen LogP contribution is -2.59. The Bertz CT molecular complexity index is 834. The number of cyclic esters (lactones) is 1. The summed E-state index contributed by atoms with van der Waals surface area (Å²) in [6.45, 7) is 2.53. The molecule has 2 saturated heterocycles. The number of nitrogens with zero attached hydrogens (tertiary/aromatic N) is 2. The van der Waals surface area contributed by atoms with E-state index >= 15 is 0 Å². The van der Waals surface area contributed by atoms with Crippen molar-refractivity contribution in [2.24, 2.45) is 5.92 Å². The van der Waals surface area contributed by atoms with Gasteiger partial charge in [0.15, 0.2) is 5.60 Å². The number of ether oxygens (including phenoxy) is 1. The van der Waals surface area contributed by atoms with E-state index in [0.29, 0.717) is 0 Å². The van der Waals surface area contributed by atoms with Gasteiger partial charge in [-0.05, 0) is 18.2 Å². The Labute approximate surface area is 170 Å². The molecule has 3 atom stereocenters. The first kappa shape index (κ1) is 22.1. The third kappa shape index (κ3) is 4.16. The first-order valence-corrected chi connectivity index (χ1v) is 9.48. The molecule has 0 aromatic heterocycles. The van der Waals surface area contributed by atoms with Crippen LogP contribution in [0.4, 0.5) is 33.7 Å². The molecular weight excluding hydrogens is 410 g/mol. The molecular formula is C19H23F4N3O4. The van der Waals surface area contributed by atoms with Gasteiger partial charge >= 0.3 is 12.3 Å². The summed E-state index contributed by atoms with van der Waals surface area (Å²) in [7, 11) is 0. The fraction of sp³-hybridized carbons (Fsp3) is 0.579. The highest BCUT2D eigenvalue weighted by Gasteiger charge is 2.58. The van der Waals surface area contributed by atoms with Gasteiger partial charge in [0, 0.05) is 32.4 Å². The maximum atomic E-state index is 14.8. The Morgan fingerprint density at radius 3 is 2.63 bits per heavy atom. The van der Waals surface area contributed by atoms with Crippen LogP contribution in [0.2, 0.25) is 0 Å². The second-order valence-electron chi connectivity index (χ2n) is 7.71. The van der Waals surface area contributed by atoms with Crippen LogP contribution in [0.5, 0.6) is 0 Å². The number of amides is 2. The van der Waals surface area contributed by atoms with E-state index in [-0.39, 0.29) is 43.5 Å². The summed E-state index contributed by atoms with van der Waals surface area (Å²) in [6.07, 6.45) is -6.58. The fourth-order valence-electron chi connectivity index (χ4n) is 3.78. The van der Waals surface area contributed by atoms with Crippen molar-refractivity contribution in [1.82, 2.24) is 5.32 Å². The number of halogens is 4. The van der Waals surface area contributed by atoms with Crippen LogP contribution in [-0.2, 0) is 9.53 Å². The molecule has 166 valence electrons. The van der Waals surface area contributed by atoms with Gasteiger partial charge in [0.25, 0.3) is 0 Å². The minimum absolute atomic E-state index is 0.0946. The molecule has 1 aromatic rings. The number of hydrogen-bond donors (Lipinski definition) is 2. The third-order valence-corrected chi connectivity index (χ3v) is 5.60. The predicted octanol–water partition coefficient (Wildman–Crippen LogP) is 2.43. The maximum absolute atomic E-state index is 14.8. The Hall–Kier alpha value is -2.56. The zero-order chi connectivity index (χ0) is 22.3. The molecule has 1 aromatic carbocycles.